The van der Waals surface area contributed by atoms with Crippen molar-refractivity contribution in [2.45, 2.75) is 31.2 Å². The van der Waals surface area contributed by atoms with Crippen molar-refractivity contribution in [1.29, 1.82) is 0 Å². The first-order valence-electron chi connectivity index (χ1n) is 13.3. The first kappa shape index (κ1) is 26.1. The minimum Gasteiger partial charge on any atom is -0.465 e. The van der Waals surface area contributed by atoms with Crippen molar-refractivity contribution in [1.82, 2.24) is 24.8 Å². The largest absolute Gasteiger partial charge is 0.465 e. The van der Waals surface area contributed by atoms with E-state index in [9.17, 15) is 9.90 Å². The number of likely N-dealkylation sites (tertiary alicyclic amines) is 1. The highest BCUT2D eigenvalue weighted by Crippen LogP contribution is 2.36. The van der Waals surface area contributed by atoms with Crippen LogP contribution < -0.4 is 15.8 Å². The van der Waals surface area contributed by atoms with Crippen LogP contribution in [0.1, 0.15) is 30.0 Å². The van der Waals surface area contributed by atoms with E-state index >= 15 is 4.39 Å². The maximum absolute atomic E-state index is 15.1. The zero-order chi connectivity index (χ0) is 28.3. The molecule has 1 aliphatic heterocycles. The lowest BCUT2D eigenvalue weighted by molar-refractivity contribution is 0.0957. The predicted molar refractivity (Wildman–Crippen MR) is 153 cm³/mol. The minimum atomic E-state index is -0.960. The molecule has 1 aliphatic rings. The molecule has 6 rings (SSSR count). The van der Waals surface area contributed by atoms with E-state index in [1.165, 1.54) is 17.0 Å². The molecule has 2 aromatic carbocycles. The topological polar surface area (TPSA) is 142 Å². The Labute approximate surface area is 235 Å². The van der Waals surface area contributed by atoms with E-state index in [4.69, 9.17) is 10.5 Å². The average molecular weight is 554 g/mol. The van der Waals surface area contributed by atoms with Crippen molar-refractivity contribution in [3.63, 3.8) is 0 Å². The van der Waals surface area contributed by atoms with E-state index in [2.05, 4.69) is 25.3 Å². The van der Waals surface area contributed by atoms with Gasteiger partial charge >= 0.3 is 6.09 Å². The normalized spacial score (nSPS) is 17.0. The Balaban J connectivity index is 1.24. The van der Waals surface area contributed by atoms with Gasteiger partial charge in [-0.25, -0.2) is 19.2 Å². The number of halogens is 1. The fraction of sp³-hybridized carbons (Fsp3) is 0.200. The second kappa shape index (κ2) is 11.1. The molecule has 3 aromatic heterocycles. The lowest BCUT2D eigenvalue weighted by atomic mass is 9.83. The highest BCUT2D eigenvalue weighted by Gasteiger charge is 2.36. The summed E-state index contributed by atoms with van der Waals surface area (Å²) in [5.74, 6) is 0.220. The third-order valence-corrected chi connectivity index (χ3v) is 7.30. The number of H-pyrrole nitrogens is 1. The summed E-state index contributed by atoms with van der Waals surface area (Å²) in [6.07, 6.45) is 4.37. The van der Waals surface area contributed by atoms with E-state index < -0.39 is 11.9 Å². The summed E-state index contributed by atoms with van der Waals surface area (Å²) in [5, 5.41) is 13.8. The molecular weight excluding hydrogens is 525 g/mol. The molecule has 0 saturated carbocycles. The zero-order valence-electron chi connectivity index (χ0n) is 22.0. The van der Waals surface area contributed by atoms with E-state index in [0.717, 1.165) is 17.4 Å². The van der Waals surface area contributed by atoms with Crippen LogP contribution in [0.5, 0.6) is 11.5 Å². The zero-order valence-corrected chi connectivity index (χ0v) is 22.0. The number of piperidine rings is 1. The van der Waals surface area contributed by atoms with Gasteiger partial charge in [0.15, 0.2) is 11.6 Å². The number of nitrogens with zero attached hydrogens (tertiary/aromatic N) is 4. The van der Waals surface area contributed by atoms with Crippen LogP contribution >= 0.6 is 0 Å². The number of pyridine rings is 1. The van der Waals surface area contributed by atoms with Gasteiger partial charge in [0.05, 0.1) is 11.1 Å². The maximum Gasteiger partial charge on any atom is 0.407 e. The van der Waals surface area contributed by atoms with Gasteiger partial charge in [-0.3, -0.25) is 0 Å². The molecule has 10 nitrogen and oxygen atoms in total. The molecule has 0 spiro atoms. The Hall–Kier alpha value is -5.19. The standard InChI is InChI=1S/C30H28FN7O3/c31-22-16-19(8-9-26(22)41-25-11-13-34-28-21(25)10-12-33-28)35-27-17-23(36-29(32)37-27)20-7-4-14-38(30(39)40)24(20)15-18-5-2-1-3-6-18/h1-3,5-6,8-13,16-17,20,24H,4,7,14-15H2,(H,33,34)(H,39,40)(H3,32,35,36,37). The molecular formula is C30H28FN7O3. The van der Waals surface area contributed by atoms with Crippen molar-refractivity contribution in [3.8, 4) is 11.5 Å². The van der Waals surface area contributed by atoms with Gasteiger partial charge in [0, 0.05) is 48.7 Å². The lowest BCUT2D eigenvalue weighted by Gasteiger charge is -2.39. The number of hydrogen-bond acceptors (Lipinski definition) is 7. The molecule has 208 valence electrons. The number of ether oxygens (including phenoxy) is 1. The number of amides is 1. The Morgan fingerprint density at radius 3 is 2.78 bits per heavy atom. The average Bonchev–Trinajstić information content (AvgIpc) is 3.45. The van der Waals surface area contributed by atoms with Gasteiger partial charge in [-0.05, 0) is 49.1 Å². The van der Waals surface area contributed by atoms with Crippen LogP contribution in [0, 0.1) is 5.82 Å². The van der Waals surface area contributed by atoms with Crippen LogP contribution in [-0.2, 0) is 6.42 Å². The fourth-order valence-electron chi connectivity index (χ4n) is 5.44. The molecule has 0 bridgehead atoms. The number of benzene rings is 2. The number of fused-ring (bicyclic) bond motifs is 1. The monoisotopic (exact) mass is 553 g/mol. The SMILES string of the molecule is Nc1nc(Nc2ccc(Oc3ccnc4[nH]ccc34)c(F)c2)cc(C2CCCN(C(=O)O)C2Cc2ccccc2)n1. The summed E-state index contributed by atoms with van der Waals surface area (Å²) in [6.45, 7) is 0.456. The highest BCUT2D eigenvalue weighted by molar-refractivity contribution is 5.82. The Bertz CT molecular complexity index is 1690. The maximum atomic E-state index is 15.1. The third-order valence-electron chi connectivity index (χ3n) is 7.30. The van der Waals surface area contributed by atoms with E-state index in [-0.39, 0.29) is 23.7 Å². The molecule has 0 aliphatic carbocycles. The van der Waals surface area contributed by atoms with Crippen molar-refractivity contribution in [3.05, 3.63) is 96.2 Å². The van der Waals surface area contributed by atoms with Crippen molar-refractivity contribution < 1.29 is 19.0 Å². The molecule has 2 unspecified atom stereocenters. The van der Waals surface area contributed by atoms with Crippen LogP contribution in [0.15, 0.2) is 79.1 Å². The fourth-order valence-corrected chi connectivity index (χ4v) is 5.44. The number of hydrogen-bond donors (Lipinski definition) is 4. The van der Waals surface area contributed by atoms with E-state index in [0.29, 0.717) is 48.0 Å². The summed E-state index contributed by atoms with van der Waals surface area (Å²) in [7, 11) is 0. The molecule has 2 atom stereocenters. The Kier molecular flexibility index (Phi) is 7.07. The molecule has 1 saturated heterocycles. The number of nitrogen functional groups attached to an aromatic ring is 1. The second-order valence-electron chi connectivity index (χ2n) is 9.94. The summed E-state index contributed by atoms with van der Waals surface area (Å²) in [5.41, 5.74) is 8.86. The van der Waals surface area contributed by atoms with Gasteiger partial charge in [-0.15, -0.1) is 0 Å². The molecule has 5 aromatic rings. The van der Waals surface area contributed by atoms with Gasteiger partial charge in [0.25, 0.3) is 0 Å². The first-order chi connectivity index (χ1) is 19.9. The molecule has 1 fully saturated rings. The molecule has 11 heteroatoms. The quantitative estimate of drug-likeness (QED) is 0.190. The predicted octanol–water partition coefficient (Wildman–Crippen LogP) is 6.08. The van der Waals surface area contributed by atoms with Crippen molar-refractivity contribution >= 4 is 34.6 Å². The number of rotatable bonds is 7. The number of aromatic nitrogens is 4. The number of carbonyl (C=O) groups is 1. The van der Waals surface area contributed by atoms with E-state index in [1.807, 2.05) is 36.4 Å². The van der Waals surface area contributed by atoms with Crippen LogP contribution in [-0.4, -0.2) is 48.6 Å². The molecule has 5 N–H and O–H groups in total. The van der Waals surface area contributed by atoms with Crippen LogP contribution in [0.2, 0.25) is 0 Å². The van der Waals surface area contributed by atoms with Gasteiger partial charge in [0.2, 0.25) is 5.95 Å². The summed E-state index contributed by atoms with van der Waals surface area (Å²) in [6, 6.07) is 19.2. The van der Waals surface area contributed by atoms with Gasteiger partial charge in [-0.1, -0.05) is 30.3 Å². The first-order valence-corrected chi connectivity index (χ1v) is 13.3. The van der Waals surface area contributed by atoms with Crippen LogP contribution in [0.3, 0.4) is 0 Å². The van der Waals surface area contributed by atoms with Gasteiger partial charge in [0.1, 0.15) is 17.2 Å². The number of aromatic amines is 1. The molecule has 1 amide bonds. The summed E-state index contributed by atoms with van der Waals surface area (Å²) in [4.78, 5) is 29.6. The van der Waals surface area contributed by atoms with Crippen LogP contribution in [0.25, 0.3) is 11.0 Å². The number of carboxylic acid groups (broad SMARTS) is 1. The Morgan fingerprint density at radius 2 is 1.98 bits per heavy atom. The highest BCUT2D eigenvalue weighted by atomic mass is 19.1. The second-order valence-corrected chi connectivity index (χ2v) is 9.94. The number of nitrogens with two attached hydrogens (primary N) is 1. The van der Waals surface area contributed by atoms with Crippen molar-refractivity contribution in [2.24, 2.45) is 0 Å². The summed E-state index contributed by atoms with van der Waals surface area (Å²) >= 11 is 0. The van der Waals surface area contributed by atoms with Gasteiger partial charge in [-0.2, -0.15) is 4.98 Å². The number of anilines is 3. The van der Waals surface area contributed by atoms with E-state index in [1.54, 1.807) is 30.6 Å². The van der Waals surface area contributed by atoms with Gasteiger partial charge < -0.3 is 30.8 Å². The summed E-state index contributed by atoms with van der Waals surface area (Å²) < 4.78 is 20.9. The minimum absolute atomic E-state index is 0.0459. The lowest BCUT2D eigenvalue weighted by Crippen LogP contribution is -2.48. The molecule has 41 heavy (non-hydrogen) atoms. The third kappa shape index (κ3) is 5.60. The Morgan fingerprint density at radius 1 is 1.12 bits per heavy atom. The molecule has 0 radical (unpaired) electrons. The molecule has 4 heterocycles. The smallest absolute Gasteiger partial charge is 0.407 e. The van der Waals surface area contributed by atoms with Crippen molar-refractivity contribution in [2.75, 3.05) is 17.6 Å². The number of nitrogens with one attached hydrogen (secondary N) is 2. The van der Waals surface area contributed by atoms with Crippen LogP contribution in [0.4, 0.5) is 26.6 Å².